The van der Waals surface area contributed by atoms with E-state index in [1.165, 1.54) is 19.4 Å². The number of phenolic OH excluding ortho intramolecular Hbond substituents is 1. The van der Waals surface area contributed by atoms with Crippen LogP contribution < -0.4 is 15.9 Å². The largest absolute Gasteiger partial charge is 0.504 e. The predicted molar refractivity (Wildman–Crippen MR) is 57.3 cm³/mol. The fraction of sp³-hybridized carbons (Fsp3) is 0.111. The Morgan fingerprint density at radius 2 is 2.40 bits per heavy atom. The number of hydrogen-bond donors (Lipinski definition) is 4. The average Bonchev–Trinajstić information content (AvgIpc) is 2.17. The third-order valence-corrected chi connectivity index (χ3v) is 1.60. The normalized spacial score (nSPS) is 10.2. The monoisotopic (exact) mass is 208 g/mol. The molecular formula is C9H12N4O2. The second kappa shape index (κ2) is 4.85. The van der Waals surface area contributed by atoms with Crippen LogP contribution in [0.3, 0.4) is 0 Å². The highest BCUT2D eigenvalue weighted by atomic mass is 16.5. The highest BCUT2D eigenvalue weighted by Crippen LogP contribution is 2.25. The van der Waals surface area contributed by atoms with Crippen LogP contribution in [0, 0.1) is 5.41 Å². The number of rotatable bonds is 3. The van der Waals surface area contributed by atoms with Gasteiger partial charge in [0.25, 0.3) is 0 Å². The summed E-state index contributed by atoms with van der Waals surface area (Å²) < 4.78 is 4.88. The molecule has 80 valence electrons. The molecule has 0 saturated carbocycles. The lowest BCUT2D eigenvalue weighted by Crippen LogP contribution is -2.25. The summed E-state index contributed by atoms with van der Waals surface area (Å²) in [4.78, 5) is 0. The van der Waals surface area contributed by atoms with E-state index in [9.17, 15) is 5.11 Å². The molecule has 1 aromatic rings. The summed E-state index contributed by atoms with van der Waals surface area (Å²) in [5.41, 5.74) is 7.95. The van der Waals surface area contributed by atoms with Gasteiger partial charge in [-0.25, -0.2) is 5.43 Å². The first-order chi connectivity index (χ1) is 7.13. The van der Waals surface area contributed by atoms with Crippen molar-refractivity contribution in [3.63, 3.8) is 0 Å². The number of ether oxygens (including phenoxy) is 1. The van der Waals surface area contributed by atoms with Crippen molar-refractivity contribution in [2.75, 3.05) is 7.11 Å². The molecule has 0 aromatic heterocycles. The Morgan fingerprint density at radius 3 is 2.93 bits per heavy atom. The molecule has 0 atom stereocenters. The van der Waals surface area contributed by atoms with Gasteiger partial charge in [0.15, 0.2) is 11.5 Å². The van der Waals surface area contributed by atoms with Gasteiger partial charge in [0.1, 0.15) is 0 Å². The summed E-state index contributed by atoms with van der Waals surface area (Å²) in [6.07, 6.45) is 1.43. The Morgan fingerprint density at radius 1 is 1.67 bits per heavy atom. The maximum atomic E-state index is 9.43. The van der Waals surface area contributed by atoms with E-state index in [-0.39, 0.29) is 11.7 Å². The lowest BCUT2D eigenvalue weighted by Gasteiger charge is -2.02. The molecule has 0 heterocycles. The minimum absolute atomic E-state index is 0.0317. The van der Waals surface area contributed by atoms with Crippen LogP contribution >= 0.6 is 0 Å². The lowest BCUT2D eigenvalue weighted by molar-refractivity contribution is 0.373. The van der Waals surface area contributed by atoms with E-state index < -0.39 is 0 Å². The van der Waals surface area contributed by atoms with Gasteiger partial charge in [-0.3, -0.25) is 5.41 Å². The van der Waals surface area contributed by atoms with Crippen LogP contribution in [0.25, 0.3) is 0 Å². The molecule has 0 aliphatic rings. The van der Waals surface area contributed by atoms with E-state index >= 15 is 0 Å². The molecule has 0 unspecified atom stereocenters. The van der Waals surface area contributed by atoms with Crippen molar-refractivity contribution in [3.8, 4) is 11.5 Å². The van der Waals surface area contributed by atoms with E-state index in [0.29, 0.717) is 11.3 Å². The number of hydrazone groups is 1. The number of benzene rings is 1. The molecule has 1 rings (SSSR count). The van der Waals surface area contributed by atoms with Gasteiger partial charge in [0.05, 0.1) is 13.3 Å². The number of aromatic hydroxyl groups is 1. The highest BCUT2D eigenvalue weighted by molar-refractivity contribution is 5.82. The zero-order valence-corrected chi connectivity index (χ0v) is 8.19. The van der Waals surface area contributed by atoms with Gasteiger partial charge >= 0.3 is 0 Å². The van der Waals surface area contributed by atoms with Crippen molar-refractivity contribution in [1.29, 1.82) is 5.41 Å². The predicted octanol–water partition coefficient (Wildman–Crippen LogP) is 0.218. The zero-order chi connectivity index (χ0) is 11.3. The van der Waals surface area contributed by atoms with Crippen LogP contribution in [0.5, 0.6) is 11.5 Å². The van der Waals surface area contributed by atoms with Crippen molar-refractivity contribution in [2.45, 2.75) is 0 Å². The van der Waals surface area contributed by atoms with Gasteiger partial charge < -0.3 is 15.6 Å². The zero-order valence-electron chi connectivity index (χ0n) is 8.19. The average molecular weight is 208 g/mol. The Hall–Kier alpha value is -2.24. The molecule has 0 saturated heterocycles. The third-order valence-electron chi connectivity index (χ3n) is 1.60. The molecule has 0 radical (unpaired) electrons. The topological polar surface area (TPSA) is 104 Å². The van der Waals surface area contributed by atoms with Crippen LogP contribution in [0.1, 0.15) is 5.56 Å². The molecule has 15 heavy (non-hydrogen) atoms. The van der Waals surface area contributed by atoms with Crippen LogP contribution in [0.4, 0.5) is 0 Å². The minimum atomic E-state index is -0.246. The van der Waals surface area contributed by atoms with Crippen molar-refractivity contribution in [3.05, 3.63) is 23.8 Å². The van der Waals surface area contributed by atoms with E-state index in [4.69, 9.17) is 15.9 Å². The van der Waals surface area contributed by atoms with Crippen molar-refractivity contribution in [2.24, 2.45) is 10.8 Å². The van der Waals surface area contributed by atoms with Crippen molar-refractivity contribution < 1.29 is 9.84 Å². The molecule has 0 bridgehead atoms. The lowest BCUT2D eigenvalue weighted by atomic mass is 10.2. The second-order valence-electron chi connectivity index (χ2n) is 2.71. The third kappa shape index (κ3) is 3.18. The first-order valence-corrected chi connectivity index (χ1v) is 4.13. The number of nitrogens with two attached hydrogens (primary N) is 1. The van der Waals surface area contributed by atoms with Gasteiger partial charge in [0, 0.05) is 0 Å². The number of nitrogens with one attached hydrogen (secondary N) is 2. The van der Waals surface area contributed by atoms with Gasteiger partial charge in [-0.2, -0.15) is 5.10 Å². The Labute approximate surface area is 86.9 Å². The Balaban J connectivity index is 2.75. The van der Waals surface area contributed by atoms with Crippen molar-refractivity contribution in [1.82, 2.24) is 5.43 Å². The van der Waals surface area contributed by atoms with Gasteiger partial charge in [-0.1, -0.05) is 0 Å². The molecule has 6 heteroatoms. The van der Waals surface area contributed by atoms with Gasteiger partial charge in [-0.15, -0.1) is 0 Å². The summed E-state index contributed by atoms with van der Waals surface area (Å²) in [7, 11) is 1.47. The maximum absolute atomic E-state index is 9.43. The van der Waals surface area contributed by atoms with Gasteiger partial charge in [-0.05, 0) is 23.8 Å². The molecular weight excluding hydrogens is 196 g/mol. The Bertz CT molecular complexity index is 390. The molecule has 0 aliphatic heterocycles. The van der Waals surface area contributed by atoms with Crippen LogP contribution in [-0.2, 0) is 0 Å². The molecule has 5 N–H and O–H groups in total. The fourth-order valence-electron chi connectivity index (χ4n) is 0.964. The molecule has 0 spiro atoms. The molecule has 6 nitrogen and oxygen atoms in total. The highest BCUT2D eigenvalue weighted by Gasteiger charge is 2.00. The molecule has 1 aromatic carbocycles. The molecule has 0 fully saturated rings. The quantitative estimate of drug-likeness (QED) is 0.324. The standard InChI is InChI=1S/C9H12N4O2/c1-15-8-3-2-6(4-7(8)14)5-12-13-9(10)11/h2-5,14H,1H3,(H4,10,11,13)/b12-5+. The summed E-state index contributed by atoms with van der Waals surface area (Å²) in [5, 5.41) is 19.9. The van der Waals surface area contributed by atoms with Crippen molar-refractivity contribution >= 4 is 12.2 Å². The number of nitrogens with zero attached hydrogens (tertiary/aromatic N) is 1. The second-order valence-corrected chi connectivity index (χ2v) is 2.71. The molecule has 0 aliphatic carbocycles. The number of methoxy groups -OCH3 is 1. The van der Waals surface area contributed by atoms with Crippen LogP contribution in [0.2, 0.25) is 0 Å². The summed E-state index contributed by atoms with van der Waals surface area (Å²) in [5.74, 6) is 0.180. The molecule has 0 amide bonds. The van der Waals surface area contributed by atoms with Crippen LogP contribution in [-0.4, -0.2) is 24.4 Å². The Kier molecular flexibility index (Phi) is 3.50. The summed E-state index contributed by atoms with van der Waals surface area (Å²) in [6, 6.07) is 4.82. The van der Waals surface area contributed by atoms with E-state index in [0.717, 1.165) is 0 Å². The van der Waals surface area contributed by atoms with E-state index in [1.54, 1.807) is 12.1 Å². The number of hydrogen-bond acceptors (Lipinski definition) is 4. The van der Waals surface area contributed by atoms with Crippen LogP contribution in [0.15, 0.2) is 23.3 Å². The smallest absolute Gasteiger partial charge is 0.206 e. The number of guanidine groups is 1. The first-order valence-electron chi connectivity index (χ1n) is 4.13. The first kappa shape index (κ1) is 10.8. The van der Waals surface area contributed by atoms with Gasteiger partial charge in [0.2, 0.25) is 5.96 Å². The number of phenols is 1. The van der Waals surface area contributed by atoms with E-state index in [2.05, 4.69) is 10.5 Å². The summed E-state index contributed by atoms with van der Waals surface area (Å²) >= 11 is 0. The minimum Gasteiger partial charge on any atom is -0.504 e. The maximum Gasteiger partial charge on any atom is 0.206 e. The summed E-state index contributed by atoms with van der Waals surface area (Å²) in [6.45, 7) is 0. The fourth-order valence-corrected chi connectivity index (χ4v) is 0.964. The van der Waals surface area contributed by atoms with E-state index in [1.807, 2.05) is 0 Å². The SMILES string of the molecule is COc1ccc(/C=N/NC(=N)N)cc1O.